The number of nitrogens with one attached hydrogen (secondary N) is 1. The highest BCUT2D eigenvalue weighted by atomic mass is 19.1. The molecule has 0 saturated heterocycles. The van der Waals surface area contributed by atoms with E-state index in [1.54, 1.807) is 31.2 Å². The first kappa shape index (κ1) is 15.1. The molecule has 0 aromatic heterocycles. The second-order valence-electron chi connectivity index (χ2n) is 4.80. The molecule has 0 saturated carbocycles. The SMILES string of the molecule is C[C@@H](N[C@H](C(N)=O)c1ccccc1)c1cc(F)ccc1F. The van der Waals surface area contributed by atoms with Crippen molar-refractivity contribution in [3.63, 3.8) is 0 Å². The van der Waals surface area contributed by atoms with Crippen molar-refractivity contribution in [1.82, 2.24) is 5.32 Å². The number of carbonyl (C=O) groups is 1. The molecule has 0 bridgehead atoms. The minimum atomic E-state index is -0.774. The summed E-state index contributed by atoms with van der Waals surface area (Å²) in [7, 11) is 0. The van der Waals surface area contributed by atoms with Crippen LogP contribution in [-0.2, 0) is 4.79 Å². The van der Waals surface area contributed by atoms with Crippen molar-refractivity contribution in [2.45, 2.75) is 19.0 Å². The van der Waals surface area contributed by atoms with Gasteiger partial charge in [0.1, 0.15) is 17.7 Å². The quantitative estimate of drug-likeness (QED) is 0.889. The molecule has 0 aliphatic carbocycles. The van der Waals surface area contributed by atoms with Gasteiger partial charge >= 0.3 is 0 Å². The highest BCUT2D eigenvalue weighted by molar-refractivity contribution is 5.81. The molecule has 110 valence electrons. The molecule has 1 amide bonds. The molecule has 5 heteroatoms. The molecule has 0 aliphatic rings. The number of benzene rings is 2. The summed E-state index contributed by atoms with van der Waals surface area (Å²) < 4.78 is 27.0. The number of rotatable bonds is 5. The molecule has 2 aromatic rings. The summed E-state index contributed by atoms with van der Waals surface area (Å²) in [6, 6.07) is 10.7. The van der Waals surface area contributed by atoms with Gasteiger partial charge in [-0.05, 0) is 30.7 Å². The molecule has 0 heterocycles. The zero-order chi connectivity index (χ0) is 15.4. The first-order valence-corrected chi connectivity index (χ1v) is 6.54. The second-order valence-corrected chi connectivity index (χ2v) is 4.80. The Bertz CT molecular complexity index is 631. The Morgan fingerprint density at radius 2 is 1.81 bits per heavy atom. The maximum absolute atomic E-state index is 13.8. The fourth-order valence-electron chi connectivity index (χ4n) is 2.17. The molecule has 0 radical (unpaired) electrons. The molecule has 2 aromatic carbocycles. The standard InChI is InChI=1S/C16H16F2N2O/c1-10(13-9-12(17)7-8-14(13)18)20-15(16(19)21)11-5-3-2-4-6-11/h2-10,15,20H,1H3,(H2,19,21)/t10-,15+/m1/s1. The van der Waals surface area contributed by atoms with Crippen molar-refractivity contribution in [2.24, 2.45) is 5.73 Å². The number of hydrogen-bond donors (Lipinski definition) is 2. The van der Waals surface area contributed by atoms with Gasteiger partial charge in [-0.3, -0.25) is 10.1 Å². The smallest absolute Gasteiger partial charge is 0.239 e. The Balaban J connectivity index is 2.25. The predicted molar refractivity (Wildman–Crippen MR) is 76.3 cm³/mol. The molecule has 3 N–H and O–H groups in total. The minimum Gasteiger partial charge on any atom is -0.368 e. The summed E-state index contributed by atoms with van der Waals surface area (Å²) >= 11 is 0. The number of primary amides is 1. The predicted octanol–water partition coefficient (Wildman–Crippen LogP) is 2.84. The van der Waals surface area contributed by atoms with Gasteiger partial charge in [-0.25, -0.2) is 8.78 Å². The number of hydrogen-bond acceptors (Lipinski definition) is 2. The molecule has 21 heavy (non-hydrogen) atoms. The van der Waals surface area contributed by atoms with Crippen molar-refractivity contribution in [1.29, 1.82) is 0 Å². The van der Waals surface area contributed by atoms with Gasteiger partial charge in [-0.15, -0.1) is 0 Å². The molecule has 0 aliphatic heterocycles. The van der Waals surface area contributed by atoms with Crippen LogP contribution >= 0.6 is 0 Å². The van der Waals surface area contributed by atoms with E-state index >= 15 is 0 Å². The molecule has 2 rings (SSSR count). The van der Waals surface area contributed by atoms with Crippen molar-refractivity contribution in [3.05, 3.63) is 71.3 Å². The van der Waals surface area contributed by atoms with E-state index < -0.39 is 29.6 Å². The van der Waals surface area contributed by atoms with Gasteiger partial charge in [-0.1, -0.05) is 30.3 Å². The van der Waals surface area contributed by atoms with Gasteiger partial charge in [0, 0.05) is 11.6 Å². The number of carbonyl (C=O) groups excluding carboxylic acids is 1. The van der Waals surface area contributed by atoms with Crippen LogP contribution in [0, 0.1) is 11.6 Å². The first-order chi connectivity index (χ1) is 9.99. The highest BCUT2D eigenvalue weighted by Gasteiger charge is 2.22. The van der Waals surface area contributed by atoms with Crippen LogP contribution < -0.4 is 11.1 Å². The van der Waals surface area contributed by atoms with Crippen LogP contribution in [0.4, 0.5) is 8.78 Å². The lowest BCUT2D eigenvalue weighted by atomic mass is 10.0. The van der Waals surface area contributed by atoms with Crippen molar-refractivity contribution < 1.29 is 13.6 Å². The largest absolute Gasteiger partial charge is 0.368 e. The van der Waals surface area contributed by atoms with E-state index in [0.717, 1.165) is 18.2 Å². The zero-order valence-electron chi connectivity index (χ0n) is 11.5. The second kappa shape index (κ2) is 6.45. The maximum atomic E-state index is 13.8. The molecular weight excluding hydrogens is 274 g/mol. The average Bonchev–Trinajstić information content (AvgIpc) is 2.47. The van der Waals surface area contributed by atoms with Crippen LogP contribution in [0.2, 0.25) is 0 Å². The van der Waals surface area contributed by atoms with Gasteiger partial charge in [0.25, 0.3) is 0 Å². The summed E-state index contributed by atoms with van der Waals surface area (Å²) in [5, 5.41) is 2.94. The number of nitrogens with two attached hydrogens (primary N) is 1. The molecule has 0 unspecified atom stereocenters. The molecule has 2 atom stereocenters. The van der Waals surface area contributed by atoms with Crippen LogP contribution in [-0.4, -0.2) is 5.91 Å². The molecular formula is C16H16F2N2O. The molecule has 0 spiro atoms. The third-order valence-corrected chi connectivity index (χ3v) is 3.26. The first-order valence-electron chi connectivity index (χ1n) is 6.54. The van der Waals surface area contributed by atoms with Crippen LogP contribution in [0.25, 0.3) is 0 Å². The lowest BCUT2D eigenvalue weighted by Crippen LogP contribution is -2.35. The van der Waals surface area contributed by atoms with Gasteiger partial charge in [0.2, 0.25) is 5.91 Å². The van der Waals surface area contributed by atoms with E-state index in [0.29, 0.717) is 5.56 Å². The van der Waals surface area contributed by atoms with Crippen molar-refractivity contribution in [2.75, 3.05) is 0 Å². The van der Waals surface area contributed by atoms with Crippen LogP contribution in [0.5, 0.6) is 0 Å². The average molecular weight is 290 g/mol. The number of halogens is 2. The third-order valence-electron chi connectivity index (χ3n) is 3.26. The minimum absolute atomic E-state index is 0.150. The summed E-state index contributed by atoms with van der Waals surface area (Å²) in [6.07, 6.45) is 0. The van der Waals surface area contributed by atoms with E-state index in [1.807, 2.05) is 6.07 Å². The summed E-state index contributed by atoms with van der Waals surface area (Å²) in [6.45, 7) is 1.65. The zero-order valence-corrected chi connectivity index (χ0v) is 11.5. The van der Waals surface area contributed by atoms with Crippen molar-refractivity contribution >= 4 is 5.91 Å². The summed E-state index contributed by atoms with van der Waals surface area (Å²) in [5.74, 6) is -1.65. The Morgan fingerprint density at radius 3 is 2.43 bits per heavy atom. The number of amides is 1. The lowest BCUT2D eigenvalue weighted by molar-refractivity contribution is -0.120. The van der Waals surface area contributed by atoms with E-state index in [2.05, 4.69) is 5.32 Å². The van der Waals surface area contributed by atoms with E-state index in [1.165, 1.54) is 0 Å². The fraction of sp³-hybridized carbons (Fsp3) is 0.188. The summed E-state index contributed by atoms with van der Waals surface area (Å²) in [5.41, 5.74) is 6.22. The van der Waals surface area contributed by atoms with Gasteiger partial charge in [-0.2, -0.15) is 0 Å². The normalized spacial score (nSPS) is 13.7. The van der Waals surface area contributed by atoms with E-state index in [-0.39, 0.29) is 5.56 Å². The monoisotopic (exact) mass is 290 g/mol. The highest BCUT2D eigenvalue weighted by Crippen LogP contribution is 2.22. The van der Waals surface area contributed by atoms with Crippen LogP contribution in [0.15, 0.2) is 48.5 Å². The lowest BCUT2D eigenvalue weighted by Gasteiger charge is -2.22. The maximum Gasteiger partial charge on any atom is 0.239 e. The van der Waals surface area contributed by atoms with E-state index in [9.17, 15) is 13.6 Å². The Morgan fingerprint density at radius 1 is 1.14 bits per heavy atom. The van der Waals surface area contributed by atoms with Gasteiger partial charge in [0.15, 0.2) is 0 Å². The molecule has 3 nitrogen and oxygen atoms in total. The van der Waals surface area contributed by atoms with Gasteiger partial charge < -0.3 is 5.73 Å². The Labute approximate surface area is 121 Å². The van der Waals surface area contributed by atoms with Crippen molar-refractivity contribution in [3.8, 4) is 0 Å². The van der Waals surface area contributed by atoms with Crippen LogP contribution in [0.3, 0.4) is 0 Å². The van der Waals surface area contributed by atoms with Gasteiger partial charge in [0.05, 0.1) is 0 Å². The molecule has 0 fully saturated rings. The third kappa shape index (κ3) is 3.64. The Kier molecular flexibility index (Phi) is 4.65. The summed E-state index contributed by atoms with van der Waals surface area (Å²) in [4.78, 5) is 11.6. The Hall–Kier alpha value is -2.27. The van der Waals surface area contributed by atoms with E-state index in [4.69, 9.17) is 5.73 Å². The van der Waals surface area contributed by atoms with Crippen LogP contribution in [0.1, 0.15) is 30.1 Å². The topological polar surface area (TPSA) is 55.1 Å². The fourth-order valence-corrected chi connectivity index (χ4v) is 2.17.